The van der Waals surface area contributed by atoms with Crippen LogP contribution in [0.2, 0.25) is 5.02 Å². The number of likely N-dealkylation sites (tertiary alicyclic amines) is 1. The van der Waals surface area contributed by atoms with Crippen molar-refractivity contribution in [1.82, 2.24) is 15.2 Å². The van der Waals surface area contributed by atoms with Gasteiger partial charge in [-0.05, 0) is 55.1 Å². The maximum Gasteiger partial charge on any atom is 0.271 e. The van der Waals surface area contributed by atoms with E-state index in [2.05, 4.69) is 30.2 Å². The average molecular weight is 523 g/mol. The molecule has 0 radical (unpaired) electrons. The van der Waals surface area contributed by atoms with Crippen molar-refractivity contribution in [1.29, 1.82) is 5.26 Å². The van der Waals surface area contributed by atoms with E-state index in [0.717, 1.165) is 37.5 Å². The summed E-state index contributed by atoms with van der Waals surface area (Å²) in [6.45, 7) is 4.65. The highest BCUT2D eigenvalue weighted by atomic mass is 35.5. The molecule has 5 rings (SSSR count). The van der Waals surface area contributed by atoms with Crippen LogP contribution in [0.25, 0.3) is 10.9 Å². The van der Waals surface area contributed by atoms with Gasteiger partial charge in [-0.3, -0.25) is 14.4 Å². The van der Waals surface area contributed by atoms with Gasteiger partial charge in [0.05, 0.1) is 16.6 Å². The molecule has 1 saturated heterocycles. The van der Waals surface area contributed by atoms with E-state index in [9.17, 15) is 19.6 Å². The van der Waals surface area contributed by atoms with E-state index in [1.807, 2.05) is 12.1 Å². The number of carbonyl (C=O) groups excluding carboxylic acids is 3. The van der Waals surface area contributed by atoms with E-state index in [1.165, 1.54) is 6.42 Å². The number of benzene rings is 1. The number of H-pyrrole nitrogens is 1. The monoisotopic (exact) mass is 522 g/mol. The maximum atomic E-state index is 13.8. The molecule has 2 amide bonds. The van der Waals surface area contributed by atoms with Crippen molar-refractivity contribution >= 4 is 40.1 Å². The summed E-state index contributed by atoms with van der Waals surface area (Å²) in [4.78, 5) is 44.7. The maximum absolute atomic E-state index is 13.8. The highest BCUT2D eigenvalue weighted by Gasteiger charge is 2.49. The minimum Gasteiger partial charge on any atom is -0.349 e. The lowest BCUT2D eigenvalue weighted by Gasteiger charge is -2.32. The lowest BCUT2D eigenvalue weighted by atomic mass is 9.72. The molecule has 7 nitrogen and oxygen atoms in total. The van der Waals surface area contributed by atoms with Gasteiger partial charge in [0.1, 0.15) is 23.6 Å². The predicted octanol–water partition coefficient (Wildman–Crippen LogP) is 5.39. The van der Waals surface area contributed by atoms with E-state index in [1.54, 1.807) is 17.0 Å². The van der Waals surface area contributed by atoms with Crippen LogP contribution in [-0.2, 0) is 9.59 Å². The third-order valence-corrected chi connectivity index (χ3v) is 9.04. The van der Waals surface area contributed by atoms with Crippen molar-refractivity contribution in [2.75, 3.05) is 6.54 Å². The first-order chi connectivity index (χ1) is 17.6. The molecule has 2 heterocycles. The van der Waals surface area contributed by atoms with Gasteiger partial charge in [0, 0.05) is 24.3 Å². The Hall–Kier alpha value is -2.85. The Morgan fingerprint density at radius 1 is 1.24 bits per heavy atom. The van der Waals surface area contributed by atoms with Crippen molar-refractivity contribution in [3.63, 3.8) is 0 Å². The molecule has 2 saturated carbocycles. The summed E-state index contributed by atoms with van der Waals surface area (Å²) in [6, 6.07) is 8.08. The number of halogens is 1. The van der Waals surface area contributed by atoms with Crippen molar-refractivity contribution in [3.8, 4) is 6.07 Å². The summed E-state index contributed by atoms with van der Waals surface area (Å²) in [5.74, 6) is -0.588. The normalized spacial score (nSPS) is 25.4. The molecule has 3 aliphatic rings. The third-order valence-electron chi connectivity index (χ3n) is 8.72. The van der Waals surface area contributed by atoms with Crippen LogP contribution in [0, 0.1) is 28.1 Å². The predicted molar refractivity (Wildman–Crippen MR) is 142 cm³/mol. The van der Waals surface area contributed by atoms with Gasteiger partial charge in [-0.15, -0.1) is 0 Å². The highest BCUT2D eigenvalue weighted by Crippen LogP contribution is 2.47. The molecule has 3 atom stereocenters. The van der Waals surface area contributed by atoms with Gasteiger partial charge in [-0.25, -0.2) is 0 Å². The molecule has 1 aromatic carbocycles. The molecule has 8 heteroatoms. The van der Waals surface area contributed by atoms with E-state index < -0.39 is 12.1 Å². The van der Waals surface area contributed by atoms with Crippen LogP contribution in [0.4, 0.5) is 0 Å². The van der Waals surface area contributed by atoms with Gasteiger partial charge in [-0.1, -0.05) is 56.8 Å². The summed E-state index contributed by atoms with van der Waals surface area (Å²) in [6.07, 6.45) is 7.49. The molecule has 3 fully saturated rings. The number of nitrogens with zero attached hydrogens (tertiary/aromatic N) is 2. The molecule has 1 spiro atoms. The Kier molecular flexibility index (Phi) is 6.83. The highest BCUT2D eigenvalue weighted by molar-refractivity contribution is 6.35. The minimum atomic E-state index is -0.762. The number of fused-ring (bicyclic) bond motifs is 1. The Morgan fingerprint density at radius 2 is 2.00 bits per heavy atom. The number of hydrogen-bond acceptors (Lipinski definition) is 4. The number of hydrogen-bond donors (Lipinski definition) is 2. The van der Waals surface area contributed by atoms with Crippen molar-refractivity contribution < 1.29 is 14.4 Å². The zero-order valence-corrected chi connectivity index (χ0v) is 22.4. The summed E-state index contributed by atoms with van der Waals surface area (Å²) in [7, 11) is 0. The molecule has 1 aliphatic heterocycles. The molecule has 196 valence electrons. The second kappa shape index (κ2) is 9.79. The summed E-state index contributed by atoms with van der Waals surface area (Å²) >= 11 is 6.33. The van der Waals surface area contributed by atoms with E-state index >= 15 is 0 Å². The van der Waals surface area contributed by atoms with E-state index in [-0.39, 0.29) is 34.3 Å². The molecule has 0 bridgehead atoms. The summed E-state index contributed by atoms with van der Waals surface area (Å²) in [5, 5.41) is 14.1. The largest absolute Gasteiger partial charge is 0.349 e. The number of amides is 2. The number of aromatic nitrogens is 1. The Bertz CT molecular complexity index is 1270. The molecular weight excluding hydrogens is 488 g/mol. The number of Topliss-reactive ketones (excluding diaryl/α,β-unsaturated/α-hetero) is 1. The standard InChI is InChI=1S/C29H35ClN4O3/c1-28(2)13-19(24(35)15-28)11-20(16-31)32-26(36)23-14-29(9-4-3-5-10-29)17-34(23)27(37)22-12-18-7-6-8-21(30)25(18)33-22/h6-8,12,19-20,23,33H,3-5,9-11,13-15,17H2,1-2H3,(H,32,36)/t19?,20-,23?/m0/s1. The SMILES string of the molecule is CC1(C)CC(=O)C(C[C@@H](C#N)NC(=O)C2CC3(CCCCC3)CN2C(=O)c2cc3cccc(Cl)c3[nH]2)C1. The van der Waals surface area contributed by atoms with E-state index in [4.69, 9.17) is 11.6 Å². The van der Waals surface area contributed by atoms with Crippen LogP contribution in [0.3, 0.4) is 0 Å². The van der Waals surface area contributed by atoms with Gasteiger partial charge in [0.15, 0.2) is 0 Å². The zero-order chi connectivity index (χ0) is 26.4. The number of nitriles is 1. The van der Waals surface area contributed by atoms with E-state index in [0.29, 0.717) is 42.0 Å². The fraction of sp³-hybridized carbons (Fsp3) is 0.586. The number of ketones is 1. The fourth-order valence-corrected chi connectivity index (χ4v) is 7.17. The van der Waals surface area contributed by atoms with Crippen LogP contribution in [-0.4, -0.2) is 46.1 Å². The van der Waals surface area contributed by atoms with Gasteiger partial charge in [0.25, 0.3) is 5.91 Å². The zero-order valence-electron chi connectivity index (χ0n) is 21.6. The minimum absolute atomic E-state index is 0.0731. The van der Waals surface area contributed by atoms with Gasteiger partial charge in [-0.2, -0.15) is 5.26 Å². The molecule has 37 heavy (non-hydrogen) atoms. The molecule has 2 unspecified atom stereocenters. The smallest absolute Gasteiger partial charge is 0.271 e. The first-order valence-electron chi connectivity index (χ1n) is 13.4. The molecular formula is C29H35ClN4O3. The first-order valence-corrected chi connectivity index (χ1v) is 13.8. The number of para-hydroxylation sites is 1. The molecule has 2 aliphatic carbocycles. The van der Waals surface area contributed by atoms with Crippen LogP contribution in [0.5, 0.6) is 0 Å². The van der Waals surface area contributed by atoms with Crippen LogP contribution >= 0.6 is 11.6 Å². The van der Waals surface area contributed by atoms with Crippen LogP contribution in [0.1, 0.15) is 82.1 Å². The topological polar surface area (TPSA) is 106 Å². The average Bonchev–Trinajstić information content (AvgIpc) is 3.52. The Morgan fingerprint density at radius 3 is 2.65 bits per heavy atom. The summed E-state index contributed by atoms with van der Waals surface area (Å²) < 4.78 is 0. The van der Waals surface area contributed by atoms with Crippen molar-refractivity contribution in [3.05, 3.63) is 35.0 Å². The second-order valence-electron chi connectivity index (χ2n) is 12.2. The molecule has 2 aromatic rings. The number of carbonyl (C=O) groups is 3. The number of rotatable bonds is 5. The Labute approximate surface area is 222 Å². The Balaban J connectivity index is 1.37. The van der Waals surface area contributed by atoms with Gasteiger partial charge >= 0.3 is 0 Å². The summed E-state index contributed by atoms with van der Waals surface area (Å²) in [5.41, 5.74) is 0.960. The van der Waals surface area contributed by atoms with Gasteiger partial charge < -0.3 is 15.2 Å². The van der Waals surface area contributed by atoms with Crippen molar-refractivity contribution in [2.45, 2.75) is 83.7 Å². The molecule has 2 N–H and O–H groups in total. The number of aromatic amines is 1. The third kappa shape index (κ3) is 5.13. The van der Waals surface area contributed by atoms with Crippen LogP contribution < -0.4 is 5.32 Å². The number of nitrogens with one attached hydrogen (secondary N) is 2. The van der Waals surface area contributed by atoms with Crippen molar-refractivity contribution in [2.24, 2.45) is 16.7 Å². The first kappa shape index (κ1) is 25.8. The fourth-order valence-electron chi connectivity index (χ4n) is 6.94. The van der Waals surface area contributed by atoms with Gasteiger partial charge in [0.2, 0.25) is 5.91 Å². The quantitative estimate of drug-likeness (QED) is 0.549. The second-order valence-corrected chi connectivity index (χ2v) is 12.6. The molecule has 1 aromatic heterocycles. The lowest BCUT2D eigenvalue weighted by molar-refractivity contribution is -0.126. The van der Waals surface area contributed by atoms with Crippen LogP contribution in [0.15, 0.2) is 24.3 Å². The lowest BCUT2D eigenvalue weighted by Crippen LogP contribution is -2.49.